The lowest BCUT2D eigenvalue weighted by molar-refractivity contribution is 0.508. The van der Waals surface area contributed by atoms with Gasteiger partial charge in [-0.15, -0.1) is 10.2 Å². The summed E-state index contributed by atoms with van der Waals surface area (Å²) in [5.74, 6) is 2.35. The van der Waals surface area contributed by atoms with Crippen molar-refractivity contribution in [3.05, 3.63) is 42.0 Å². The molecule has 0 amide bonds. The van der Waals surface area contributed by atoms with Gasteiger partial charge in [-0.2, -0.15) is 0 Å². The molecule has 0 unspecified atom stereocenters. The van der Waals surface area contributed by atoms with Crippen molar-refractivity contribution in [3.8, 4) is 0 Å². The lowest BCUT2D eigenvalue weighted by Gasteiger charge is -2.13. The summed E-state index contributed by atoms with van der Waals surface area (Å²) in [5.41, 5.74) is 6.81. The Kier molecular flexibility index (Phi) is 3.62. The first kappa shape index (κ1) is 12.7. The number of aliphatic imine (C=N–C) groups is 1. The molecule has 2 aromatic rings. The molecular weight excluding hydrogens is 252 g/mol. The molecule has 6 nitrogen and oxygen atoms in total. The number of aryl methyl sites for hydroxylation is 1. The lowest BCUT2D eigenvalue weighted by atomic mass is 10.2. The van der Waals surface area contributed by atoms with Gasteiger partial charge in [-0.05, 0) is 25.0 Å². The summed E-state index contributed by atoms with van der Waals surface area (Å²) in [7, 11) is 0. The average molecular weight is 270 g/mol. The predicted octanol–water partition coefficient (Wildman–Crippen LogP) is 1.54. The molecule has 1 aliphatic rings. The summed E-state index contributed by atoms with van der Waals surface area (Å²) >= 11 is 0. The van der Waals surface area contributed by atoms with E-state index in [-0.39, 0.29) is 0 Å². The second-order valence-corrected chi connectivity index (χ2v) is 4.83. The molecule has 1 aromatic carbocycles. The number of aromatic nitrogens is 3. The van der Waals surface area contributed by atoms with Crippen molar-refractivity contribution in [1.82, 2.24) is 14.8 Å². The molecule has 20 heavy (non-hydrogen) atoms. The van der Waals surface area contributed by atoms with Crippen LogP contribution < -0.4 is 11.1 Å². The van der Waals surface area contributed by atoms with Crippen LogP contribution in [0.4, 0.5) is 5.69 Å². The minimum Gasteiger partial charge on any atom is -0.370 e. The predicted molar refractivity (Wildman–Crippen MR) is 78.4 cm³/mol. The first-order valence-corrected chi connectivity index (χ1v) is 6.86. The molecule has 0 spiro atoms. The van der Waals surface area contributed by atoms with E-state index in [1.165, 1.54) is 12.8 Å². The van der Waals surface area contributed by atoms with Gasteiger partial charge in [0, 0.05) is 18.7 Å². The number of nitrogens with one attached hydrogen (secondary N) is 1. The fourth-order valence-electron chi connectivity index (χ4n) is 2.35. The number of nitrogens with zero attached hydrogens (tertiary/aromatic N) is 4. The van der Waals surface area contributed by atoms with E-state index in [2.05, 4.69) is 25.1 Å². The number of para-hydroxylation sites is 1. The third-order valence-electron chi connectivity index (χ3n) is 3.37. The molecule has 0 radical (unpaired) electrons. The number of nitrogens with two attached hydrogens (primary N) is 1. The molecule has 0 bridgehead atoms. The summed E-state index contributed by atoms with van der Waals surface area (Å²) in [6.45, 7) is 1.44. The Hall–Kier alpha value is -2.37. The van der Waals surface area contributed by atoms with Crippen molar-refractivity contribution < 1.29 is 0 Å². The van der Waals surface area contributed by atoms with Crippen LogP contribution in [-0.4, -0.2) is 20.7 Å². The molecule has 3 N–H and O–H groups in total. The van der Waals surface area contributed by atoms with Crippen LogP contribution in [0.5, 0.6) is 0 Å². The topological polar surface area (TPSA) is 81.1 Å². The van der Waals surface area contributed by atoms with Gasteiger partial charge in [0.1, 0.15) is 12.4 Å². The molecule has 2 heterocycles. The van der Waals surface area contributed by atoms with Gasteiger partial charge in [0.25, 0.3) is 0 Å². The van der Waals surface area contributed by atoms with Crippen LogP contribution in [0.3, 0.4) is 0 Å². The van der Waals surface area contributed by atoms with E-state index in [4.69, 9.17) is 5.73 Å². The Morgan fingerprint density at radius 3 is 2.95 bits per heavy atom. The van der Waals surface area contributed by atoms with Gasteiger partial charge in [0.05, 0.1) is 0 Å². The van der Waals surface area contributed by atoms with Crippen LogP contribution in [0.1, 0.15) is 24.5 Å². The van der Waals surface area contributed by atoms with Gasteiger partial charge in [-0.3, -0.25) is 0 Å². The minimum atomic E-state index is 0.393. The number of hydrogen-bond donors (Lipinski definition) is 2. The highest BCUT2D eigenvalue weighted by Crippen LogP contribution is 2.14. The smallest absolute Gasteiger partial charge is 0.193 e. The van der Waals surface area contributed by atoms with Crippen molar-refractivity contribution in [2.75, 3.05) is 5.32 Å². The Labute approximate surface area is 117 Å². The zero-order chi connectivity index (χ0) is 13.8. The molecule has 104 valence electrons. The normalized spacial score (nSPS) is 14.9. The average Bonchev–Trinajstić information content (AvgIpc) is 2.89. The van der Waals surface area contributed by atoms with Crippen molar-refractivity contribution >= 4 is 11.6 Å². The Morgan fingerprint density at radius 1 is 1.25 bits per heavy atom. The van der Waals surface area contributed by atoms with E-state index in [9.17, 15) is 0 Å². The molecule has 0 saturated heterocycles. The van der Waals surface area contributed by atoms with E-state index >= 15 is 0 Å². The molecule has 6 heteroatoms. The third-order valence-corrected chi connectivity index (χ3v) is 3.37. The number of anilines is 1. The minimum absolute atomic E-state index is 0.393. The third kappa shape index (κ3) is 2.79. The standard InChI is InChI=1S/C14H18N6/c15-14(17-11-6-2-1-3-7-11)16-10-13-19-18-12-8-4-5-9-20(12)13/h1-3,6-7H,4-5,8-10H2,(H3,15,16,17). The largest absolute Gasteiger partial charge is 0.370 e. The monoisotopic (exact) mass is 270 g/mol. The number of rotatable bonds is 3. The van der Waals surface area contributed by atoms with Crippen molar-refractivity contribution in [2.45, 2.75) is 32.4 Å². The fourth-order valence-corrected chi connectivity index (χ4v) is 2.35. The Morgan fingerprint density at radius 2 is 2.10 bits per heavy atom. The van der Waals surface area contributed by atoms with Crippen LogP contribution in [-0.2, 0) is 19.5 Å². The second kappa shape index (κ2) is 5.73. The van der Waals surface area contributed by atoms with Crippen LogP contribution in [0.25, 0.3) is 0 Å². The quantitative estimate of drug-likeness (QED) is 0.655. The summed E-state index contributed by atoms with van der Waals surface area (Å²) in [6, 6.07) is 9.75. The highest BCUT2D eigenvalue weighted by Gasteiger charge is 2.14. The van der Waals surface area contributed by atoms with Gasteiger partial charge < -0.3 is 15.6 Å². The molecule has 0 aliphatic carbocycles. The van der Waals surface area contributed by atoms with Crippen LogP contribution >= 0.6 is 0 Å². The van der Waals surface area contributed by atoms with Crippen LogP contribution in [0, 0.1) is 0 Å². The van der Waals surface area contributed by atoms with Crippen molar-refractivity contribution in [2.24, 2.45) is 10.7 Å². The zero-order valence-corrected chi connectivity index (χ0v) is 11.3. The zero-order valence-electron chi connectivity index (χ0n) is 11.3. The van der Waals surface area contributed by atoms with Gasteiger partial charge in [0.15, 0.2) is 11.8 Å². The number of guanidine groups is 1. The first-order chi connectivity index (χ1) is 9.83. The highest BCUT2D eigenvalue weighted by atomic mass is 15.3. The Balaban J connectivity index is 1.66. The Bertz CT molecular complexity index is 601. The maximum absolute atomic E-state index is 5.88. The van der Waals surface area contributed by atoms with Gasteiger partial charge in [-0.25, -0.2) is 4.99 Å². The van der Waals surface area contributed by atoms with Crippen LogP contribution in [0.15, 0.2) is 35.3 Å². The van der Waals surface area contributed by atoms with E-state index in [1.54, 1.807) is 0 Å². The van der Waals surface area contributed by atoms with E-state index in [0.717, 1.165) is 30.3 Å². The molecule has 0 fully saturated rings. The fraction of sp³-hybridized carbons (Fsp3) is 0.357. The van der Waals surface area contributed by atoms with Crippen molar-refractivity contribution in [1.29, 1.82) is 0 Å². The second-order valence-electron chi connectivity index (χ2n) is 4.83. The molecule has 0 atom stereocenters. The number of hydrogen-bond acceptors (Lipinski definition) is 3. The summed E-state index contributed by atoms with van der Waals surface area (Å²) < 4.78 is 2.16. The summed E-state index contributed by atoms with van der Waals surface area (Å²) in [5, 5.41) is 11.5. The highest BCUT2D eigenvalue weighted by molar-refractivity contribution is 5.92. The molecule has 0 saturated carbocycles. The molecule has 1 aliphatic heterocycles. The van der Waals surface area contributed by atoms with E-state index in [0.29, 0.717) is 12.5 Å². The van der Waals surface area contributed by atoms with E-state index < -0.39 is 0 Å². The van der Waals surface area contributed by atoms with E-state index in [1.807, 2.05) is 30.3 Å². The molecule has 3 rings (SSSR count). The van der Waals surface area contributed by atoms with Gasteiger partial charge >= 0.3 is 0 Å². The van der Waals surface area contributed by atoms with Gasteiger partial charge in [0.2, 0.25) is 0 Å². The lowest BCUT2D eigenvalue weighted by Crippen LogP contribution is -2.23. The molecule has 1 aromatic heterocycles. The first-order valence-electron chi connectivity index (χ1n) is 6.86. The maximum Gasteiger partial charge on any atom is 0.193 e. The van der Waals surface area contributed by atoms with Crippen molar-refractivity contribution in [3.63, 3.8) is 0 Å². The SMILES string of the molecule is NC(=NCc1nnc2n1CCCC2)Nc1ccccc1. The summed E-state index contributed by atoms with van der Waals surface area (Å²) in [4.78, 5) is 4.33. The summed E-state index contributed by atoms with van der Waals surface area (Å²) in [6.07, 6.45) is 3.38. The van der Waals surface area contributed by atoms with Crippen LogP contribution in [0.2, 0.25) is 0 Å². The van der Waals surface area contributed by atoms with Gasteiger partial charge in [-0.1, -0.05) is 18.2 Å². The molecular formula is C14H18N6. The number of fused-ring (bicyclic) bond motifs is 1. The maximum atomic E-state index is 5.88. The number of benzene rings is 1.